The number of carbonyl (C=O) groups is 1. The molecule has 0 atom stereocenters. The van der Waals surface area contributed by atoms with Gasteiger partial charge in [0.05, 0.1) is 0 Å². The molecule has 4 nitrogen and oxygen atoms in total. The Bertz CT molecular complexity index is 347. The monoisotopic (exact) mass is 196 g/mol. The molecule has 1 heterocycles. The third-order valence-electron chi connectivity index (χ3n) is 2.07. The van der Waals surface area contributed by atoms with Gasteiger partial charge in [-0.2, -0.15) is 5.10 Å². The third-order valence-corrected chi connectivity index (χ3v) is 2.07. The van der Waals surface area contributed by atoms with Crippen LogP contribution in [-0.4, -0.2) is 20.9 Å². The summed E-state index contributed by atoms with van der Waals surface area (Å²) < 4.78 is 1.74. The van der Waals surface area contributed by atoms with Gasteiger partial charge in [-0.25, -0.2) is 4.79 Å². The first kappa shape index (κ1) is 10.8. The minimum absolute atomic E-state index is 0.0727. The molecule has 0 aliphatic carbocycles. The van der Waals surface area contributed by atoms with Gasteiger partial charge in [0.25, 0.3) is 0 Å². The molecule has 78 valence electrons. The molecule has 4 heteroatoms. The molecule has 1 aromatic heterocycles. The van der Waals surface area contributed by atoms with Crippen molar-refractivity contribution in [3.8, 4) is 0 Å². The summed E-state index contributed by atoms with van der Waals surface area (Å²) in [4.78, 5) is 10.7. The molecule has 0 amide bonds. The average molecular weight is 196 g/mol. The molecule has 0 aliphatic rings. The highest BCUT2D eigenvalue weighted by Crippen LogP contribution is 2.22. The number of carboxylic acids is 1. The lowest BCUT2D eigenvalue weighted by atomic mass is 9.92. The van der Waals surface area contributed by atoms with Gasteiger partial charge in [0, 0.05) is 17.7 Å². The molecule has 0 spiro atoms. The van der Waals surface area contributed by atoms with E-state index in [0.717, 1.165) is 5.69 Å². The van der Waals surface area contributed by atoms with Gasteiger partial charge >= 0.3 is 5.97 Å². The maximum absolute atomic E-state index is 10.7. The number of aromatic carboxylic acids is 1. The van der Waals surface area contributed by atoms with E-state index >= 15 is 0 Å². The van der Waals surface area contributed by atoms with Crippen LogP contribution >= 0.6 is 0 Å². The Labute approximate surface area is 83.5 Å². The van der Waals surface area contributed by atoms with Crippen LogP contribution in [0.1, 0.15) is 43.9 Å². The van der Waals surface area contributed by atoms with E-state index < -0.39 is 5.97 Å². The number of hydrogen-bond donors (Lipinski definition) is 1. The molecule has 0 bridgehead atoms. The number of carboxylic acid groups (broad SMARTS) is 1. The number of aryl methyl sites for hydroxylation is 1. The number of rotatable bonds is 2. The van der Waals surface area contributed by atoms with Crippen LogP contribution in [0, 0.1) is 0 Å². The maximum Gasteiger partial charge on any atom is 0.356 e. The first-order chi connectivity index (χ1) is 6.36. The van der Waals surface area contributed by atoms with Gasteiger partial charge in [0.2, 0.25) is 0 Å². The molecule has 0 fully saturated rings. The van der Waals surface area contributed by atoms with Crippen molar-refractivity contribution in [1.82, 2.24) is 9.78 Å². The quantitative estimate of drug-likeness (QED) is 0.786. The van der Waals surface area contributed by atoms with Gasteiger partial charge in [-0.3, -0.25) is 4.68 Å². The highest BCUT2D eigenvalue weighted by Gasteiger charge is 2.22. The first-order valence-electron chi connectivity index (χ1n) is 4.68. The highest BCUT2D eigenvalue weighted by molar-refractivity contribution is 5.85. The first-order valence-corrected chi connectivity index (χ1v) is 4.68. The van der Waals surface area contributed by atoms with Crippen LogP contribution in [0.25, 0.3) is 0 Å². The summed E-state index contributed by atoms with van der Waals surface area (Å²) in [6.45, 7) is 8.78. The second-order valence-electron chi connectivity index (χ2n) is 4.29. The molecule has 0 saturated carbocycles. The summed E-state index contributed by atoms with van der Waals surface area (Å²) in [5, 5.41) is 12.8. The van der Waals surface area contributed by atoms with Crippen LogP contribution in [0.3, 0.4) is 0 Å². The van der Waals surface area contributed by atoms with Gasteiger partial charge in [-0.1, -0.05) is 20.8 Å². The predicted molar refractivity (Wildman–Crippen MR) is 53.6 cm³/mol. The van der Waals surface area contributed by atoms with E-state index in [4.69, 9.17) is 5.11 Å². The molecule has 0 radical (unpaired) electrons. The van der Waals surface area contributed by atoms with Crippen LogP contribution in [0.5, 0.6) is 0 Å². The molecule has 0 aliphatic heterocycles. The average Bonchev–Trinajstić information content (AvgIpc) is 2.46. The van der Waals surface area contributed by atoms with Crippen LogP contribution in [-0.2, 0) is 12.0 Å². The highest BCUT2D eigenvalue weighted by atomic mass is 16.4. The lowest BCUT2D eigenvalue weighted by molar-refractivity contribution is 0.0689. The topological polar surface area (TPSA) is 55.1 Å². The Balaban J connectivity index is 3.22. The van der Waals surface area contributed by atoms with Gasteiger partial charge in [-0.05, 0) is 13.0 Å². The molecule has 14 heavy (non-hydrogen) atoms. The van der Waals surface area contributed by atoms with Crippen molar-refractivity contribution in [3.63, 3.8) is 0 Å². The summed E-state index contributed by atoms with van der Waals surface area (Å²) in [6.07, 6.45) is 0. The van der Waals surface area contributed by atoms with E-state index in [9.17, 15) is 4.79 Å². The third kappa shape index (κ3) is 1.95. The Morgan fingerprint density at radius 2 is 2.14 bits per heavy atom. The zero-order valence-corrected chi connectivity index (χ0v) is 9.03. The molecule has 1 rings (SSSR count). The van der Waals surface area contributed by atoms with Crippen molar-refractivity contribution in [1.29, 1.82) is 0 Å². The summed E-state index contributed by atoms with van der Waals surface area (Å²) >= 11 is 0. The van der Waals surface area contributed by atoms with Gasteiger partial charge in [-0.15, -0.1) is 0 Å². The Hall–Kier alpha value is -1.32. The van der Waals surface area contributed by atoms with Crippen molar-refractivity contribution < 1.29 is 9.90 Å². The molecule has 0 aromatic carbocycles. The molecular weight excluding hydrogens is 180 g/mol. The fourth-order valence-electron chi connectivity index (χ4n) is 1.37. The summed E-state index contributed by atoms with van der Waals surface area (Å²) in [7, 11) is 0. The number of aromatic nitrogens is 2. The van der Waals surface area contributed by atoms with E-state index in [-0.39, 0.29) is 11.1 Å². The normalized spacial score (nSPS) is 11.7. The standard InChI is InChI=1S/C10H16N2O2/c1-5-12-8(10(2,3)4)6-7(11-12)9(13)14/h6H,5H2,1-4H3,(H,13,14). The van der Waals surface area contributed by atoms with Gasteiger partial charge in [0.15, 0.2) is 5.69 Å². The van der Waals surface area contributed by atoms with Gasteiger partial charge in [0.1, 0.15) is 0 Å². The SMILES string of the molecule is CCn1nc(C(=O)O)cc1C(C)(C)C. The largest absolute Gasteiger partial charge is 0.476 e. The predicted octanol–water partition coefficient (Wildman–Crippen LogP) is 1.90. The van der Waals surface area contributed by atoms with Crippen LogP contribution in [0.15, 0.2) is 6.07 Å². The van der Waals surface area contributed by atoms with E-state index in [1.165, 1.54) is 0 Å². The second kappa shape index (κ2) is 3.44. The molecule has 1 N–H and O–H groups in total. The minimum atomic E-state index is -0.970. The van der Waals surface area contributed by atoms with E-state index in [1.54, 1.807) is 10.7 Å². The maximum atomic E-state index is 10.7. The zero-order valence-electron chi connectivity index (χ0n) is 9.03. The van der Waals surface area contributed by atoms with Crippen molar-refractivity contribution >= 4 is 5.97 Å². The summed E-state index contributed by atoms with van der Waals surface area (Å²) in [6, 6.07) is 1.64. The Morgan fingerprint density at radius 3 is 2.43 bits per heavy atom. The molecule has 0 unspecified atom stereocenters. The molecular formula is C10H16N2O2. The van der Waals surface area contributed by atoms with E-state index in [1.807, 2.05) is 27.7 Å². The van der Waals surface area contributed by atoms with Crippen LogP contribution < -0.4 is 0 Å². The smallest absolute Gasteiger partial charge is 0.356 e. The Morgan fingerprint density at radius 1 is 1.57 bits per heavy atom. The van der Waals surface area contributed by atoms with Gasteiger partial charge < -0.3 is 5.11 Å². The number of hydrogen-bond acceptors (Lipinski definition) is 2. The minimum Gasteiger partial charge on any atom is -0.476 e. The molecule has 1 aromatic rings. The lowest BCUT2D eigenvalue weighted by Gasteiger charge is -2.19. The van der Waals surface area contributed by atoms with Crippen molar-refractivity contribution in [2.75, 3.05) is 0 Å². The lowest BCUT2D eigenvalue weighted by Crippen LogP contribution is -2.17. The zero-order chi connectivity index (χ0) is 10.9. The van der Waals surface area contributed by atoms with E-state index in [2.05, 4.69) is 5.10 Å². The number of nitrogens with zero attached hydrogens (tertiary/aromatic N) is 2. The van der Waals surface area contributed by atoms with Crippen LogP contribution in [0.2, 0.25) is 0 Å². The van der Waals surface area contributed by atoms with E-state index in [0.29, 0.717) is 6.54 Å². The second-order valence-corrected chi connectivity index (χ2v) is 4.29. The van der Waals surface area contributed by atoms with Crippen LogP contribution in [0.4, 0.5) is 0 Å². The molecule has 0 saturated heterocycles. The fraction of sp³-hybridized carbons (Fsp3) is 0.600. The summed E-state index contributed by atoms with van der Waals surface area (Å²) in [5.41, 5.74) is 1.01. The Kier molecular flexibility index (Phi) is 2.64. The fourth-order valence-corrected chi connectivity index (χ4v) is 1.37. The summed E-state index contributed by atoms with van der Waals surface area (Å²) in [5.74, 6) is -0.970. The van der Waals surface area contributed by atoms with Crippen molar-refractivity contribution in [3.05, 3.63) is 17.5 Å². The van der Waals surface area contributed by atoms with Crippen molar-refractivity contribution in [2.45, 2.75) is 39.7 Å². The van der Waals surface area contributed by atoms with Crippen molar-refractivity contribution in [2.24, 2.45) is 0 Å².